The van der Waals surface area contributed by atoms with Gasteiger partial charge in [-0.25, -0.2) is 0 Å². The van der Waals surface area contributed by atoms with E-state index in [0.29, 0.717) is 16.0 Å². The minimum atomic E-state index is 0.234. The fourth-order valence-electron chi connectivity index (χ4n) is 2.66. The molecule has 106 valence electrons. The number of hydrogen-bond acceptors (Lipinski definition) is 2. The molecule has 1 saturated heterocycles. The van der Waals surface area contributed by atoms with Crippen LogP contribution in [-0.2, 0) is 0 Å². The number of aryl methyl sites for hydroxylation is 1. The summed E-state index contributed by atoms with van der Waals surface area (Å²) in [5.74, 6) is 1.36. The Morgan fingerprint density at radius 1 is 1.42 bits per heavy atom. The molecule has 1 aromatic carbocycles. The molecule has 1 aliphatic rings. The molecule has 1 aliphatic heterocycles. The fraction of sp³-hybridized carbons (Fsp3) is 0.600. The summed E-state index contributed by atoms with van der Waals surface area (Å²) < 4.78 is 6.22. The molecule has 2 nitrogen and oxygen atoms in total. The van der Waals surface area contributed by atoms with Gasteiger partial charge in [0, 0.05) is 17.5 Å². The van der Waals surface area contributed by atoms with Crippen molar-refractivity contribution in [1.29, 1.82) is 0 Å². The molecule has 1 heterocycles. The van der Waals surface area contributed by atoms with Gasteiger partial charge in [0.05, 0.1) is 5.02 Å². The molecule has 4 heteroatoms. The molecule has 19 heavy (non-hydrogen) atoms. The van der Waals surface area contributed by atoms with E-state index >= 15 is 0 Å². The standard InChI is InChI=1S/C15H21Cl2NO/c1-3-4-14(11-5-6-18-9-11)19-15-10(2)7-12(16)8-13(15)17/h7-8,11,14,18H,3-6,9H2,1-2H3. The maximum atomic E-state index is 6.26. The molecule has 1 aromatic rings. The summed E-state index contributed by atoms with van der Waals surface area (Å²) >= 11 is 12.3. The van der Waals surface area contributed by atoms with Gasteiger partial charge in [-0.05, 0) is 44.0 Å². The Balaban J connectivity index is 2.16. The highest BCUT2D eigenvalue weighted by atomic mass is 35.5. The van der Waals surface area contributed by atoms with Crippen molar-refractivity contribution in [2.45, 2.75) is 39.2 Å². The number of hydrogen-bond donors (Lipinski definition) is 1. The summed E-state index contributed by atoms with van der Waals surface area (Å²) in [7, 11) is 0. The predicted octanol–water partition coefficient (Wildman–Crippen LogP) is 4.46. The van der Waals surface area contributed by atoms with Crippen molar-refractivity contribution in [2.75, 3.05) is 13.1 Å². The van der Waals surface area contributed by atoms with E-state index in [2.05, 4.69) is 12.2 Å². The van der Waals surface area contributed by atoms with Gasteiger partial charge in [-0.15, -0.1) is 0 Å². The van der Waals surface area contributed by atoms with Crippen LogP contribution in [-0.4, -0.2) is 19.2 Å². The molecule has 0 amide bonds. The fourth-order valence-corrected chi connectivity index (χ4v) is 3.30. The molecule has 2 atom stereocenters. The molecule has 0 saturated carbocycles. The van der Waals surface area contributed by atoms with Gasteiger partial charge in [0.1, 0.15) is 11.9 Å². The van der Waals surface area contributed by atoms with Gasteiger partial charge in [-0.2, -0.15) is 0 Å². The van der Waals surface area contributed by atoms with Crippen LogP contribution in [0.2, 0.25) is 10.0 Å². The lowest BCUT2D eigenvalue weighted by Crippen LogP contribution is -2.29. The highest BCUT2D eigenvalue weighted by molar-refractivity contribution is 6.35. The normalized spacial score (nSPS) is 20.5. The van der Waals surface area contributed by atoms with E-state index in [1.807, 2.05) is 13.0 Å². The summed E-state index contributed by atoms with van der Waals surface area (Å²) in [4.78, 5) is 0. The number of benzene rings is 1. The van der Waals surface area contributed by atoms with Gasteiger partial charge in [0.2, 0.25) is 0 Å². The monoisotopic (exact) mass is 301 g/mol. The van der Waals surface area contributed by atoms with Crippen molar-refractivity contribution in [1.82, 2.24) is 5.32 Å². The first-order chi connectivity index (χ1) is 9.11. The highest BCUT2D eigenvalue weighted by Gasteiger charge is 2.26. The van der Waals surface area contributed by atoms with Crippen molar-refractivity contribution in [3.63, 3.8) is 0 Å². The van der Waals surface area contributed by atoms with E-state index in [1.165, 1.54) is 6.42 Å². The van der Waals surface area contributed by atoms with Crippen molar-refractivity contribution < 1.29 is 4.74 Å². The van der Waals surface area contributed by atoms with Gasteiger partial charge in [0.25, 0.3) is 0 Å². The third-order valence-electron chi connectivity index (χ3n) is 3.66. The minimum Gasteiger partial charge on any atom is -0.488 e. The van der Waals surface area contributed by atoms with Crippen LogP contribution in [0.3, 0.4) is 0 Å². The third-order valence-corrected chi connectivity index (χ3v) is 4.16. The van der Waals surface area contributed by atoms with Gasteiger partial charge >= 0.3 is 0 Å². The molecular formula is C15H21Cl2NO. The summed E-state index contributed by atoms with van der Waals surface area (Å²) in [6, 6.07) is 3.65. The SMILES string of the molecule is CCCC(Oc1c(C)cc(Cl)cc1Cl)C1CCNC1. The lowest BCUT2D eigenvalue weighted by Gasteiger charge is -2.25. The summed E-state index contributed by atoms with van der Waals surface area (Å²) in [5.41, 5.74) is 1.00. The first-order valence-electron chi connectivity index (χ1n) is 6.94. The van der Waals surface area contributed by atoms with Crippen LogP contribution in [0.4, 0.5) is 0 Å². The number of ether oxygens (including phenoxy) is 1. The van der Waals surface area contributed by atoms with Crippen LogP contribution >= 0.6 is 23.2 Å². The first kappa shape index (κ1) is 15.0. The molecule has 1 N–H and O–H groups in total. The topological polar surface area (TPSA) is 21.3 Å². The van der Waals surface area contributed by atoms with Crippen LogP contribution in [0, 0.1) is 12.8 Å². The zero-order valence-electron chi connectivity index (χ0n) is 11.5. The molecule has 0 spiro atoms. The molecule has 2 unspecified atom stereocenters. The lowest BCUT2D eigenvalue weighted by molar-refractivity contribution is 0.131. The van der Waals surface area contributed by atoms with Crippen molar-refractivity contribution in [2.24, 2.45) is 5.92 Å². The summed E-state index contributed by atoms with van der Waals surface area (Å²) in [6.07, 6.45) is 3.59. The van der Waals surface area contributed by atoms with Crippen LogP contribution < -0.4 is 10.1 Å². The van der Waals surface area contributed by atoms with E-state index in [4.69, 9.17) is 27.9 Å². The van der Waals surface area contributed by atoms with Gasteiger partial charge in [0.15, 0.2) is 0 Å². The molecular weight excluding hydrogens is 281 g/mol. The third kappa shape index (κ3) is 3.77. The average Bonchev–Trinajstić information content (AvgIpc) is 2.85. The van der Waals surface area contributed by atoms with Crippen molar-refractivity contribution >= 4 is 23.2 Å². The Hall–Kier alpha value is -0.440. The predicted molar refractivity (Wildman–Crippen MR) is 81.5 cm³/mol. The zero-order valence-corrected chi connectivity index (χ0v) is 13.0. The van der Waals surface area contributed by atoms with Crippen LogP contribution in [0.15, 0.2) is 12.1 Å². The molecule has 0 bridgehead atoms. The largest absolute Gasteiger partial charge is 0.488 e. The Morgan fingerprint density at radius 3 is 2.79 bits per heavy atom. The second kappa shape index (κ2) is 6.83. The van der Waals surface area contributed by atoms with Crippen LogP contribution in [0.1, 0.15) is 31.7 Å². The maximum absolute atomic E-state index is 6.26. The Labute approximate surface area is 125 Å². The smallest absolute Gasteiger partial charge is 0.141 e. The number of halogens is 2. The second-order valence-corrected chi connectivity index (χ2v) is 6.08. The van der Waals surface area contributed by atoms with E-state index in [-0.39, 0.29) is 6.10 Å². The molecule has 1 fully saturated rings. The Bertz CT molecular complexity index is 407. The van der Waals surface area contributed by atoms with Crippen molar-refractivity contribution in [3.8, 4) is 5.75 Å². The van der Waals surface area contributed by atoms with E-state index in [0.717, 1.165) is 37.2 Å². The van der Waals surface area contributed by atoms with E-state index < -0.39 is 0 Å². The Morgan fingerprint density at radius 2 is 2.21 bits per heavy atom. The Kier molecular flexibility index (Phi) is 5.37. The molecule has 0 aliphatic carbocycles. The summed E-state index contributed by atoms with van der Waals surface area (Å²) in [5, 5.41) is 4.67. The van der Waals surface area contributed by atoms with E-state index in [1.54, 1.807) is 6.07 Å². The highest BCUT2D eigenvalue weighted by Crippen LogP contribution is 2.34. The first-order valence-corrected chi connectivity index (χ1v) is 7.70. The quantitative estimate of drug-likeness (QED) is 0.867. The van der Waals surface area contributed by atoms with Gasteiger partial charge in [-0.3, -0.25) is 0 Å². The zero-order chi connectivity index (χ0) is 13.8. The molecule has 0 aromatic heterocycles. The minimum absolute atomic E-state index is 0.234. The van der Waals surface area contributed by atoms with Gasteiger partial charge in [-0.1, -0.05) is 36.5 Å². The second-order valence-electron chi connectivity index (χ2n) is 5.23. The molecule has 2 rings (SSSR count). The van der Waals surface area contributed by atoms with Crippen LogP contribution in [0.5, 0.6) is 5.75 Å². The van der Waals surface area contributed by atoms with Crippen molar-refractivity contribution in [3.05, 3.63) is 27.7 Å². The average molecular weight is 302 g/mol. The maximum Gasteiger partial charge on any atom is 0.141 e. The molecule has 0 radical (unpaired) electrons. The van der Waals surface area contributed by atoms with Gasteiger partial charge < -0.3 is 10.1 Å². The van der Waals surface area contributed by atoms with Crippen LogP contribution in [0.25, 0.3) is 0 Å². The number of nitrogens with one attached hydrogen (secondary N) is 1. The number of rotatable bonds is 5. The van der Waals surface area contributed by atoms with E-state index in [9.17, 15) is 0 Å². The lowest BCUT2D eigenvalue weighted by atomic mass is 9.97. The summed E-state index contributed by atoms with van der Waals surface area (Å²) in [6.45, 7) is 6.30.